The number of hydrogen-bond donors (Lipinski definition) is 1. The van der Waals surface area contributed by atoms with Gasteiger partial charge in [0.2, 0.25) is 0 Å². The quantitative estimate of drug-likeness (QED) is 0.878. The van der Waals surface area contributed by atoms with E-state index >= 15 is 0 Å². The van der Waals surface area contributed by atoms with Crippen LogP contribution < -0.4 is 10.1 Å². The predicted molar refractivity (Wildman–Crippen MR) is 82.6 cm³/mol. The molecule has 0 aromatic heterocycles. The first-order valence-electron chi connectivity index (χ1n) is 6.50. The highest BCUT2D eigenvalue weighted by Crippen LogP contribution is 2.29. The van der Waals surface area contributed by atoms with Gasteiger partial charge >= 0.3 is 0 Å². The Labute approximate surface area is 127 Å². The molecular formula is C16H17BrFNO. The first-order chi connectivity index (χ1) is 9.65. The average molecular weight is 338 g/mol. The molecule has 1 unspecified atom stereocenters. The third-order valence-electron chi connectivity index (χ3n) is 3.09. The van der Waals surface area contributed by atoms with Gasteiger partial charge in [0.15, 0.2) is 0 Å². The fourth-order valence-corrected chi connectivity index (χ4v) is 2.74. The van der Waals surface area contributed by atoms with E-state index in [0.717, 1.165) is 21.3 Å². The van der Waals surface area contributed by atoms with Crippen molar-refractivity contribution in [2.45, 2.75) is 13.0 Å². The van der Waals surface area contributed by atoms with E-state index < -0.39 is 0 Å². The van der Waals surface area contributed by atoms with Gasteiger partial charge in [0.1, 0.15) is 11.6 Å². The van der Waals surface area contributed by atoms with Gasteiger partial charge in [0.25, 0.3) is 0 Å². The topological polar surface area (TPSA) is 21.3 Å². The Morgan fingerprint density at radius 3 is 2.45 bits per heavy atom. The van der Waals surface area contributed by atoms with Crippen molar-refractivity contribution in [3.8, 4) is 5.75 Å². The van der Waals surface area contributed by atoms with Crippen molar-refractivity contribution in [1.82, 2.24) is 5.32 Å². The zero-order valence-electron chi connectivity index (χ0n) is 11.5. The van der Waals surface area contributed by atoms with Crippen molar-refractivity contribution in [1.29, 1.82) is 0 Å². The molecule has 0 aliphatic heterocycles. The summed E-state index contributed by atoms with van der Waals surface area (Å²) < 4.78 is 19.4. The zero-order valence-corrected chi connectivity index (χ0v) is 13.1. The van der Waals surface area contributed by atoms with E-state index in [1.165, 1.54) is 12.1 Å². The molecule has 1 N–H and O–H groups in total. The Balaban J connectivity index is 2.31. The minimum atomic E-state index is -0.248. The highest BCUT2D eigenvalue weighted by molar-refractivity contribution is 9.10. The maximum atomic E-state index is 13.2. The van der Waals surface area contributed by atoms with Gasteiger partial charge in [-0.05, 0) is 49.4 Å². The molecule has 2 nitrogen and oxygen atoms in total. The van der Waals surface area contributed by atoms with Crippen LogP contribution in [0, 0.1) is 5.82 Å². The third kappa shape index (κ3) is 3.38. The van der Waals surface area contributed by atoms with Crippen LogP contribution in [0.3, 0.4) is 0 Å². The molecule has 0 radical (unpaired) electrons. The van der Waals surface area contributed by atoms with Crippen LogP contribution in [-0.4, -0.2) is 13.7 Å². The molecule has 0 fully saturated rings. The number of nitrogens with one attached hydrogen (secondary N) is 1. The van der Waals surface area contributed by atoms with Crippen LogP contribution in [0.15, 0.2) is 46.9 Å². The second-order valence-electron chi connectivity index (χ2n) is 4.39. The van der Waals surface area contributed by atoms with Crippen molar-refractivity contribution >= 4 is 15.9 Å². The summed E-state index contributed by atoms with van der Waals surface area (Å²) in [5, 5.41) is 3.25. The zero-order chi connectivity index (χ0) is 14.5. The van der Waals surface area contributed by atoms with E-state index in [4.69, 9.17) is 4.74 Å². The Kier molecular flexibility index (Phi) is 5.15. The molecule has 0 aliphatic rings. The number of halogens is 2. The summed E-state index contributed by atoms with van der Waals surface area (Å²) in [6.45, 7) is 2.61. The molecule has 2 aromatic rings. The summed E-state index contributed by atoms with van der Waals surface area (Å²) in [5.74, 6) is 0.603. The first-order valence-corrected chi connectivity index (χ1v) is 7.30. The number of rotatable bonds is 5. The number of benzene rings is 2. The summed E-state index contributed by atoms with van der Waals surface area (Å²) in [7, 11) is 1.89. The number of hydrogen-bond acceptors (Lipinski definition) is 2. The molecule has 0 saturated carbocycles. The molecule has 106 valence electrons. The summed E-state index contributed by atoms with van der Waals surface area (Å²) in [5.41, 5.74) is 2.10. The second-order valence-corrected chi connectivity index (χ2v) is 5.24. The molecule has 0 bridgehead atoms. The fraction of sp³-hybridized carbons (Fsp3) is 0.250. The Hall–Kier alpha value is -1.39. The molecule has 0 saturated heterocycles. The molecule has 1 atom stereocenters. The SMILES string of the molecule is CCOc1ccc(C(NC)c2ccc(F)cc2Br)cc1. The molecular weight excluding hydrogens is 321 g/mol. The Morgan fingerprint density at radius 2 is 1.90 bits per heavy atom. The van der Waals surface area contributed by atoms with E-state index in [1.54, 1.807) is 6.07 Å². The van der Waals surface area contributed by atoms with Crippen molar-refractivity contribution in [3.05, 3.63) is 63.9 Å². The van der Waals surface area contributed by atoms with Crippen molar-refractivity contribution in [2.24, 2.45) is 0 Å². The minimum Gasteiger partial charge on any atom is -0.494 e. The van der Waals surface area contributed by atoms with Crippen molar-refractivity contribution in [2.75, 3.05) is 13.7 Å². The van der Waals surface area contributed by atoms with Gasteiger partial charge in [0, 0.05) is 4.47 Å². The average Bonchev–Trinajstić information content (AvgIpc) is 2.44. The van der Waals surface area contributed by atoms with Crippen LogP contribution in [0.1, 0.15) is 24.1 Å². The fourth-order valence-electron chi connectivity index (χ4n) is 2.16. The van der Waals surface area contributed by atoms with Crippen LogP contribution in [0.5, 0.6) is 5.75 Å². The molecule has 0 spiro atoms. The first kappa shape index (κ1) is 15.0. The monoisotopic (exact) mass is 337 g/mol. The summed E-state index contributed by atoms with van der Waals surface area (Å²) >= 11 is 3.42. The van der Waals surface area contributed by atoms with Gasteiger partial charge in [0.05, 0.1) is 12.6 Å². The number of ether oxygens (including phenoxy) is 1. The van der Waals surface area contributed by atoms with Crippen molar-refractivity contribution < 1.29 is 9.13 Å². The maximum Gasteiger partial charge on any atom is 0.124 e. The standard InChI is InChI=1S/C16H17BrFNO/c1-3-20-13-7-4-11(5-8-13)16(19-2)14-9-6-12(18)10-15(14)17/h4-10,16,19H,3H2,1-2H3. The van der Waals surface area contributed by atoms with E-state index in [-0.39, 0.29) is 11.9 Å². The summed E-state index contributed by atoms with van der Waals surface area (Å²) in [6, 6.07) is 12.7. The normalized spacial score (nSPS) is 12.2. The lowest BCUT2D eigenvalue weighted by Gasteiger charge is -2.19. The van der Waals surface area contributed by atoms with Gasteiger partial charge in [-0.1, -0.05) is 34.1 Å². The van der Waals surface area contributed by atoms with E-state index in [0.29, 0.717) is 6.61 Å². The molecule has 2 rings (SSSR count). The van der Waals surface area contributed by atoms with E-state index in [9.17, 15) is 4.39 Å². The molecule has 0 heterocycles. The second kappa shape index (κ2) is 6.86. The Morgan fingerprint density at radius 1 is 1.20 bits per heavy atom. The van der Waals surface area contributed by atoms with Gasteiger partial charge < -0.3 is 10.1 Å². The van der Waals surface area contributed by atoms with Crippen LogP contribution in [0.4, 0.5) is 4.39 Å². The summed E-state index contributed by atoms with van der Waals surface area (Å²) in [6.07, 6.45) is 0. The molecule has 20 heavy (non-hydrogen) atoms. The molecule has 4 heteroatoms. The molecule has 0 aliphatic carbocycles. The molecule has 0 amide bonds. The summed E-state index contributed by atoms with van der Waals surface area (Å²) in [4.78, 5) is 0. The molecule has 2 aromatic carbocycles. The predicted octanol–water partition coefficient (Wildman–Crippen LogP) is 4.30. The van der Waals surface area contributed by atoms with Gasteiger partial charge in [-0.3, -0.25) is 0 Å². The largest absolute Gasteiger partial charge is 0.494 e. The van der Waals surface area contributed by atoms with Crippen molar-refractivity contribution in [3.63, 3.8) is 0 Å². The lowest BCUT2D eigenvalue weighted by molar-refractivity contribution is 0.340. The highest BCUT2D eigenvalue weighted by atomic mass is 79.9. The van der Waals surface area contributed by atoms with Crippen LogP contribution in [0.25, 0.3) is 0 Å². The van der Waals surface area contributed by atoms with Crippen LogP contribution in [-0.2, 0) is 0 Å². The Bertz CT molecular complexity index is 571. The highest BCUT2D eigenvalue weighted by Gasteiger charge is 2.15. The van der Waals surface area contributed by atoms with Gasteiger partial charge in [-0.2, -0.15) is 0 Å². The maximum absolute atomic E-state index is 13.2. The van der Waals surface area contributed by atoms with E-state index in [2.05, 4.69) is 21.2 Å². The lowest BCUT2D eigenvalue weighted by Crippen LogP contribution is -2.18. The van der Waals surface area contributed by atoms with Gasteiger partial charge in [-0.15, -0.1) is 0 Å². The van der Waals surface area contributed by atoms with Gasteiger partial charge in [-0.25, -0.2) is 4.39 Å². The van der Waals surface area contributed by atoms with E-state index in [1.807, 2.05) is 38.2 Å². The van der Waals surface area contributed by atoms with Crippen LogP contribution >= 0.6 is 15.9 Å². The third-order valence-corrected chi connectivity index (χ3v) is 3.77. The smallest absolute Gasteiger partial charge is 0.124 e. The lowest BCUT2D eigenvalue weighted by atomic mass is 9.99. The van der Waals surface area contributed by atoms with Crippen LogP contribution in [0.2, 0.25) is 0 Å². The minimum absolute atomic E-state index is 0.000603.